The highest BCUT2D eigenvalue weighted by Crippen LogP contribution is 2.29. The fourth-order valence-corrected chi connectivity index (χ4v) is 5.20. The molecule has 1 aliphatic heterocycles. The summed E-state index contributed by atoms with van der Waals surface area (Å²) in [6.07, 6.45) is 21.9. The highest BCUT2D eigenvalue weighted by molar-refractivity contribution is 5.60. The molecular formula is C34H52FNO3. The predicted octanol–water partition coefficient (Wildman–Crippen LogP) is 10.2. The van der Waals surface area contributed by atoms with Gasteiger partial charge >= 0.3 is 0 Å². The van der Waals surface area contributed by atoms with Crippen molar-refractivity contribution in [2.24, 2.45) is 5.92 Å². The molecule has 4 nitrogen and oxygen atoms in total. The van der Waals surface area contributed by atoms with E-state index in [9.17, 15) is 4.39 Å². The summed E-state index contributed by atoms with van der Waals surface area (Å²) in [6.45, 7) is 6.48. The van der Waals surface area contributed by atoms with Gasteiger partial charge in [0.1, 0.15) is 0 Å². The van der Waals surface area contributed by atoms with E-state index in [4.69, 9.17) is 14.2 Å². The van der Waals surface area contributed by atoms with E-state index < -0.39 is 0 Å². The van der Waals surface area contributed by atoms with Crippen molar-refractivity contribution in [3.8, 4) is 17.0 Å². The van der Waals surface area contributed by atoms with Crippen LogP contribution in [0.5, 0.6) is 5.75 Å². The number of benzene rings is 1. The van der Waals surface area contributed by atoms with E-state index in [0.29, 0.717) is 18.3 Å². The molecule has 39 heavy (non-hydrogen) atoms. The summed E-state index contributed by atoms with van der Waals surface area (Å²) in [6, 6.07) is 8.94. The second kappa shape index (κ2) is 19.2. The summed E-state index contributed by atoms with van der Waals surface area (Å²) in [7, 11) is 0. The van der Waals surface area contributed by atoms with Crippen molar-refractivity contribution in [2.45, 2.75) is 123 Å². The summed E-state index contributed by atoms with van der Waals surface area (Å²) in [5.41, 5.74) is 2.36. The molecule has 1 aliphatic rings. The van der Waals surface area contributed by atoms with Crippen LogP contribution < -0.4 is 4.74 Å². The Balaban J connectivity index is 1.32. The minimum Gasteiger partial charge on any atom is -0.491 e. The maximum atomic E-state index is 14.6. The van der Waals surface area contributed by atoms with Gasteiger partial charge in [-0.3, -0.25) is 4.98 Å². The number of rotatable bonds is 20. The Bertz CT molecular complexity index is 896. The number of unbranched alkanes of at least 4 members (excludes halogenated alkanes) is 13. The third kappa shape index (κ3) is 12.0. The van der Waals surface area contributed by atoms with E-state index in [1.54, 1.807) is 12.3 Å². The molecule has 218 valence electrons. The summed E-state index contributed by atoms with van der Waals surface area (Å²) in [5, 5.41) is 0. The molecule has 0 amide bonds. The predicted molar refractivity (Wildman–Crippen MR) is 158 cm³/mol. The van der Waals surface area contributed by atoms with Gasteiger partial charge in [0.05, 0.1) is 25.5 Å². The minimum atomic E-state index is -0.375. The van der Waals surface area contributed by atoms with Gasteiger partial charge in [-0.15, -0.1) is 0 Å². The van der Waals surface area contributed by atoms with Crippen molar-refractivity contribution in [3.05, 3.63) is 47.9 Å². The van der Waals surface area contributed by atoms with Gasteiger partial charge in [0.25, 0.3) is 0 Å². The highest BCUT2D eigenvalue weighted by atomic mass is 19.1. The summed E-state index contributed by atoms with van der Waals surface area (Å²) in [4.78, 5) is 4.56. The number of hydrogen-bond acceptors (Lipinski definition) is 4. The van der Waals surface area contributed by atoms with Crippen molar-refractivity contribution >= 4 is 0 Å². The van der Waals surface area contributed by atoms with Gasteiger partial charge in [0.15, 0.2) is 17.9 Å². The Morgan fingerprint density at radius 2 is 1.38 bits per heavy atom. The molecule has 2 heterocycles. The Morgan fingerprint density at radius 3 is 1.97 bits per heavy atom. The van der Waals surface area contributed by atoms with Gasteiger partial charge in [-0.05, 0) is 37.1 Å². The minimum absolute atomic E-state index is 0.308. The summed E-state index contributed by atoms with van der Waals surface area (Å²) >= 11 is 0. The first-order chi connectivity index (χ1) is 19.2. The fourth-order valence-electron chi connectivity index (χ4n) is 5.20. The SMILES string of the molecule is CCCCCCCCCCCCC1COC(c2ccc(-c3ccc(OCCCCCCC)c(F)c3)nc2)OC1. The van der Waals surface area contributed by atoms with Crippen LogP contribution in [0, 0.1) is 11.7 Å². The second-order valence-electron chi connectivity index (χ2n) is 11.2. The molecule has 0 radical (unpaired) electrons. The zero-order chi connectivity index (χ0) is 27.5. The highest BCUT2D eigenvalue weighted by Gasteiger charge is 2.23. The Morgan fingerprint density at radius 1 is 0.769 bits per heavy atom. The van der Waals surface area contributed by atoms with Crippen molar-refractivity contribution in [1.82, 2.24) is 4.98 Å². The Kier molecular flexibility index (Phi) is 15.5. The molecule has 0 saturated carbocycles. The quantitative estimate of drug-likeness (QED) is 0.156. The summed E-state index contributed by atoms with van der Waals surface area (Å²) in [5.74, 6) is 0.434. The average molecular weight is 542 g/mol. The van der Waals surface area contributed by atoms with Crippen LogP contribution in [0.1, 0.15) is 128 Å². The zero-order valence-corrected chi connectivity index (χ0v) is 24.6. The van der Waals surface area contributed by atoms with Crippen molar-refractivity contribution < 1.29 is 18.6 Å². The van der Waals surface area contributed by atoms with Crippen molar-refractivity contribution in [1.29, 1.82) is 0 Å². The van der Waals surface area contributed by atoms with E-state index in [1.807, 2.05) is 18.2 Å². The van der Waals surface area contributed by atoms with Crippen LogP contribution in [0.25, 0.3) is 11.3 Å². The van der Waals surface area contributed by atoms with Crippen molar-refractivity contribution in [3.63, 3.8) is 0 Å². The number of halogens is 1. The second-order valence-corrected chi connectivity index (χ2v) is 11.2. The maximum absolute atomic E-state index is 14.6. The number of hydrogen-bond donors (Lipinski definition) is 0. The molecule has 2 aromatic rings. The molecule has 0 atom stereocenters. The first-order valence-corrected chi connectivity index (χ1v) is 15.8. The molecule has 0 N–H and O–H groups in total. The van der Waals surface area contributed by atoms with Crippen LogP contribution >= 0.6 is 0 Å². The number of aromatic nitrogens is 1. The molecule has 0 bridgehead atoms. The molecule has 0 unspecified atom stereocenters. The molecule has 1 fully saturated rings. The van der Waals surface area contributed by atoms with E-state index >= 15 is 0 Å². The lowest BCUT2D eigenvalue weighted by Gasteiger charge is -2.29. The molecule has 1 aromatic carbocycles. The van der Waals surface area contributed by atoms with Crippen LogP contribution in [0.15, 0.2) is 36.5 Å². The lowest BCUT2D eigenvalue weighted by molar-refractivity contribution is -0.206. The third-order valence-electron chi connectivity index (χ3n) is 7.72. The summed E-state index contributed by atoms with van der Waals surface area (Å²) < 4.78 is 32.3. The lowest BCUT2D eigenvalue weighted by atomic mass is 10.0. The smallest absolute Gasteiger partial charge is 0.185 e. The Labute approximate surface area is 237 Å². The molecule has 0 spiro atoms. The molecule has 1 saturated heterocycles. The normalized spacial score (nSPS) is 17.4. The van der Waals surface area contributed by atoms with Gasteiger partial charge in [-0.2, -0.15) is 0 Å². The van der Waals surface area contributed by atoms with Crippen LogP contribution in [0.2, 0.25) is 0 Å². The molecular weight excluding hydrogens is 489 g/mol. The van der Waals surface area contributed by atoms with Gasteiger partial charge in [0, 0.05) is 23.2 Å². The largest absolute Gasteiger partial charge is 0.491 e. The van der Waals surface area contributed by atoms with E-state index in [-0.39, 0.29) is 12.1 Å². The fraction of sp³-hybridized carbons (Fsp3) is 0.676. The molecule has 3 rings (SSSR count). The first-order valence-electron chi connectivity index (χ1n) is 15.8. The Hall–Kier alpha value is -1.98. The van der Waals surface area contributed by atoms with E-state index in [0.717, 1.165) is 42.9 Å². The molecule has 1 aromatic heterocycles. The van der Waals surface area contributed by atoms with Crippen LogP contribution in [0.4, 0.5) is 4.39 Å². The van der Waals surface area contributed by atoms with Gasteiger partial charge < -0.3 is 14.2 Å². The van der Waals surface area contributed by atoms with Gasteiger partial charge in [-0.25, -0.2) is 4.39 Å². The number of ether oxygens (including phenoxy) is 3. The van der Waals surface area contributed by atoms with Crippen LogP contribution in [-0.2, 0) is 9.47 Å². The number of pyridine rings is 1. The number of nitrogens with zero attached hydrogens (tertiary/aromatic N) is 1. The zero-order valence-electron chi connectivity index (χ0n) is 24.6. The monoisotopic (exact) mass is 541 g/mol. The van der Waals surface area contributed by atoms with E-state index in [2.05, 4.69) is 18.8 Å². The van der Waals surface area contributed by atoms with Crippen molar-refractivity contribution in [2.75, 3.05) is 19.8 Å². The standard InChI is InChI=1S/C34H52FNO3/c1-3-5-7-9-10-11-12-13-14-16-18-28-26-38-34(39-27-28)30-19-21-32(36-25-30)29-20-22-33(31(35)24-29)37-23-17-15-8-6-4-2/h19-22,24-25,28,34H,3-18,23,26-27H2,1-2H3. The topological polar surface area (TPSA) is 40.6 Å². The molecule has 0 aliphatic carbocycles. The van der Waals surface area contributed by atoms with Gasteiger partial charge in [0.2, 0.25) is 0 Å². The first kappa shape index (κ1) is 31.5. The van der Waals surface area contributed by atoms with Crippen LogP contribution in [0.3, 0.4) is 0 Å². The molecule has 5 heteroatoms. The third-order valence-corrected chi connectivity index (χ3v) is 7.72. The maximum Gasteiger partial charge on any atom is 0.185 e. The average Bonchev–Trinajstić information content (AvgIpc) is 2.97. The van der Waals surface area contributed by atoms with Crippen LogP contribution in [-0.4, -0.2) is 24.8 Å². The van der Waals surface area contributed by atoms with Gasteiger partial charge in [-0.1, -0.05) is 110 Å². The lowest BCUT2D eigenvalue weighted by Crippen LogP contribution is -2.27. The van der Waals surface area contributed by atoms with E-state index in [1.165, 1.54) is 96.0 Å².